The molecule has 2 saturated heterocycles. The quantitative estimate of drug-likeness (QED) is 0.423. The zero-order valence-electron chi connectivity index (χ0n) is 20.9. The van der Waals surface area contributed by atoms with Crippen LogP contribution in [0.4, 0.5) is 14.9 Å². The third kappa shape index (κ3) is 5.61. The molecule has 0 aliphatic carbocycles. The summed E-state index contributed by atoms with van der Waals surface area (Å²) in [5.74, 6) is -0.119. The van der Waals surface area contributed by atoms with Crippen LogP contribution in [0.5, 0.6) is 0 Å². The number of nitrogens with zero attached hydrogens (tertiary/aromatic N) is 6. The Balaban J connectivity index is 1.07. The summed E-state index contributed by atoms with van der Waals surface area (Å²) in [7, 11) is -2.92. The predicted octanol–water partition coefficient (Wildman–Crippen LogP) is 1.15. The second-order valence-corrected chi connectivity index (χ2v) is 12.1. The lowest BCUT2D eigenvalue weighted by Crippen LogP contribution is -2.43. The Morgan fingerprint density at radius 2 is 1.95 bits per heavy atom. The molecule has 0 radical (unpaired) electrons. The number of aromatic nitrogens is 4. The number of cyclic esters (lactones) is 1. The van der Waals surface area contributed by atoms with Crippen LogP contribution in [0.2, 0.25) is 0 Å². The van der Waals surface area contributed by atoms with Gasteiger partial charge in [0, 0.05) is 49.4 Å². The SMILES string of the molecule is O=C1O[C@@H](Cn2ccnn2)CN1c1ccc(-c2ccc(C3=NO[C@H](CN4CCS(=O)(=O)CC4)C3)[nH+]c2)c(F)c1. The van der Waals surface area contributed by atoms with Crippen LogP contribution in [0.1, 0.15) is 12.1 Å². The first-order chi connectivity index (χ1) is 18.8. The van der Waals surface area contributed by atoms with Crippen LogP contribution in [-0.2, 0) is 26.0 Å². The molecule has 3 aliphatic heterocycles. The van der Waals surface area contributed by atoms with Gasteiger partial charge in [0.15, 0.2) is 21.7 Å². The molecule has 1 N–H and O–H groups in total. The third-order valence-electron chi connectivity index (χ3n) is 7.07. The number of sulfone groups is 1. The molecule has 5 heterocycles. The van der Waals surface area contributed by atoms with Crippen LogP contribution >= 0.6 is 0 Å². The van der Waals surface area contributed by atoms with Gasteiger partial charge in [-0.1, -0.05) is 10.4 Å². The van der Waals surface area contributed by atoms with E-state index in [2.05, 4.69) is 25.4 Å². The van der Waals surface area contributed by atoms with Crippen molar-refractivity contribution in [1.29, 1.82) is 0 Å². The summed E-state index contributed by atoms with van der Waals surface area (Å²) in [6.45, 7) is 2.27. The van der Waals surface area contributed by atoms with E-state index < -0.39 is 27.9 Å². The van der Waals surface area contributed by atoms with Gasteiger partial charge in [-0.3, -0.25) is 9.80 Å². The summed E-state index contributed by atoms with van der Waals surface area (Å²) in [6.07, 6.45) is 4.43. The van der Waals surface area contributed by atoms with Crippen LogP contribution < -0.4 is 9.88 Å². The first kappa shape index (κ1) is 25.4. The molecule has 0 bridgehead atoms. The van der Waals surface area contributed by atoms with Crippen LogP contribution in [0.3, 0.4) is 0 Å². The number of benzene rings is 1. The molecule has 1 aromatic carbocycles. The summed E-state index contributed by atoms with van der Waals surface area (Å²) < 4.78 is 45.4. The Hall–Kier alpha value is -3.91. The second-order valence-electron chi connectivity index (χ2n) is 9.82. The van der Waals surface area contributed by atoms with Gasteiger partial charge in [-0.05, 0) is 24.3 Å². The third-order valence-corrected chi connectivity index (χ3v) is 8.68. The van der Waals surface area contributed by atoms with Crippen molar-refractivity contribution >= 4 is 27.3 Å². The molecule has 204 valence electrons. The lowest BCUT2D eigenvalue weighted by Gasteiger charge is -2.27. The van der Waals surface area contributed by atoms with Crippen LogP contribution in [0, 0.1) is 5.82 Å². The molecule has 6 rings (SSSR count). The number of amides is 1. The molecule has 12 nitrogen and oxygen atoms in total. The van der Waals surface area contributed by atoms with Gasteiger partial charge in [-0.2, -0.15) is 0 Å². The van der Waals surface area contributed by atoms with Gasteiger partial charge < -0.3 is 9.57 Å². The van der Waals surface area contributed by atoms with Gasteiger partial charge in [0.25, 0.3) is 0 Å². The number of pyridine rings is 1. The Kier molecular flexibility index (Phi) is 6.73. The number of carbonyl (C=O) groups is 1. The first-order valence-electron chi connectivity index (χ1n) is 12.6. The van der Waals surface area contributed by atoms with E-state index in [1.165, 1.54) is 11.0 Å². The number of halogens is 1. The lowest BCUT2D eigenvalue weighted by molar-refractivity contribution is -0.379. The maximum atomic E-state index is 15.1. The predicted molar refractivity (Wildman–Crippen MR) is 137 cm³/mol. The maximum absolute atomic E-state index is 15.1. The summed E-state index contributed by atoms with van der Waals surface area (Å²) in [5.41, 5.74) is 2.95. The summed E-state index contributed by atoms with van der Waals surface area (Å²) in [6, 6.07) is 8.28. The summed E-state index contributed by atoms with van der Waals surface area (Å²) >= 11 is 0. The van der Waals surface area contributed by atoms with Gasteiger partial charge >= 0.3 is 6.09 Å². The normalized spacial score (nSPS) is 22.9. The molecule has 2 aromatic heterocycles. The standard InChI is InChI=1S/C25H26FN7O5S/c26-22-11-18(33-16-20(37-25(33)34)15-32-6-5-28-30-32)2-3-21(22)17-1-4-23(27-13-17)24-12-19(38-29-24)14-31-7-9-39(35,36)10-8-31/h1-6,11,13,19-20H,7-10,12,14-16H2/p+1/t19-,20-/m0/s1. The van der Waals surface area contributed by atoms with Crippen molar-refractivity contribution in [2.45, 2.75) is 25.2 Å². The minimum Gasteiger partial charge on any atom is -0.442 e. The number of oxime groups is 1. The van der Waals surface area contributed by atoms with E-state index in [0.29, 0.717) is 49.4 Å². The van der Waals surface area contributed by atoms with Gasteiger partial charge in [0.1, 0.15) is 18.0 Å². The highest BCUT2D eigenvalue weighted by atomic mass is 32.2. The van der Waals surface area contributed by atoms with Crippen LogP contribution in [-0.4, -0.2) is 90.0 Å². The van der Waals surface area contributed by atoms with Gasteiger partial charge in [0.2, 0.25) is 5.69 Å². The van der Waals surface area contributed by atoms with Gasteiger partial charge in [-0.25, -0.2) is 27.3 Å². The van der Waals surface area contributed by atoms with Crippen molar-refractivity contribution in [2.24, 2.45) is 5.16 Å². The summed E-state index contributed by atoms with van der Waals surface area (Å²) in [5, 5.41) is 11.8. The van der Waals surface area contributed by atoms with Crippen molar-refractivity contribution < 1.29 is 32.2 Å². The molecule has 14 heteroatoms. The smallest absolute Gasteiger partial charge is 0.414 e. The largest absolute Gasteiger partial charge is 0.442 e. The van der Waals surface area contributed by atoms with E-state index in [1.54, 1.807) is 41.5 Å². The molecule has 0 spiro atoms. The maximum Gasteiger partial charge on any atom is 0.414 e. The number of H-pyrrole nitrogens is 1. The topological polar surface area (TPSA) is 133 Å². The number of carbonyl (C=O) groups excluding carboxylic acids is 1. The molecule has 2 atom stereocenters. The van der Waals surface area contributed by atoms with E-state index in [0.717, 1.165) is 11.4 Å². The van der Waals surface area contributed by atoms with E-state index in [9.17, 15) is 13.2 Å². The summed E-state index contributed by atoms with van der Waals surface area (Å²) in [4.78, 5) is 24.6. The van der Waals surface area contributed by atoms with Crippen molar-refractivity contribution in [3.05, 3.63) is 60.4 Å². The molecular weight excluding hydrogens is 529 g/mol. The monoisotopic (exact) mass is 556 g/mol. The highest BCUT2D eigenvalue weighted by molar-refractivity contribution is 7.91. The first-order valence-corrected chi connectivity index (χ1v) is 14.4. The van der Waals surface area contributed by atoms with Crippen molar-refractivity contribution in [3.8, 4) is 11.1 Å². The highest BCUT2D eigenvalue weighted by Gasteiger charge is 2.33. The van der Waals surface area contributed by atoms with E-state index in [-0.39, 0.29) is 24.2 Å². The van der Waals surface area contributed by atoms with Crippen LogP contribution in [0.25, 0.3) is 11.1 Å². The van der Waals surface area contributed by atoms with Crippen molar-refractivity contribution in [3.63, 3.8) is 0 Å². The molecule has 39 heavy (non-hydrogen) atoms. The van der Waals surface area contributed by atoms with Crippen LogP contribution in [0.15, 0.2) is 54.1 Å². The van der Waals surface area contributed by atoms with Crippen molar-refractivity contribution in [2.75, 3.05) is 42.6 Å². The zero-order valence-corrected chi connectivity index (χ0v) is 21.8. The number of hydrogen-bond donors (Lipinski definition) is 0. The molecule has 1 amide bonds. The fourth-order valence-corrected chi connectivity index (χ4v) is 6.23. The Bertz CT molecular complexity index is 1480. The molecule has 3 aliphatic rings. The molecule has 2 fully saturated rings. The van der Waals surface area contributed by atoms with Gasteiger partial charge in [-0.15, -0.1) is 5.10 Å². The molecular formula is C25H27FN7O5S+. The lowest BCUT2D eigenvalue weighted by atomic mass is 10.0. The fraction of sp³-hybridized carbons (Fsp3) is 0.400. The van der Waals surface area contributed by atoms with E-state index >= 15 is 4.39 Å². The van der Waals surface area contributed by atoms with Crippen molar-refractivity contribution in [1.82, 2.24) is 19.9 Å². The minimum absolute atomic E-state index is 0.146. The Morgan fingerprint density at radius 3 is 2.67 bits per heavy atom. The number of hydrogen-bond acceptors (Lipinski definition) is 9. The average molecular weight is 557 g/mol. The number of ether oxygens (including phenoxy) is 1. The second kappa shape index (κ2) is 10.3. The highest BCUT2D eigenvalue weighted by Crippen LogP contribution is 2.29. The number of aromatic amines is 1. The zero-order chi connectivity index (χ0) is 27.0. The fourth-order valence-electron chi connectivity index (χ4n) is 4.95. The molecule has 0 unspecified atom stereocenters. The van der Waals surface area contributed by atoms with Gasteiger partial charge in [0.05, 0.1) is 36.5 Å². The average Bonchev–Trinajstić information content (AvgIpc) is 3.68. The van der Waals surface area contributed by atoms with E-state index in [4.69, 9.17) is 9.57 Å². The van der Waals surface area contributed by atoms with E-state index in [1.807, 2.05) is 6.07 Å². The number of rotatable bonds is 7. The Labute approximate surface area is 223 Å². The minimum atomic E-state index is -2.92. The molecule has 3 aromatic rings. The number of anilines is 1. The number of nitrogens with one attached hydrogen (secondary N) is 1. The molecule has 0 saturated carbocycles. The Morgan fingerprint density at radius 1 is 1.10 bits per heavy atom.